The molecule has 0 atom stereocenters. The van der Waals surface area contributed by atoms with Crippen LogP contribution in [0.15, 0.2) is 41.2 Å². The number of aromatic nitrogens is 1. The Morgan fingerprint density at radius 1 is 1.21 bits per heavy atom. The summed E-state index contributed by atoms with van der Waals surface area (Å²) in [5.74, 6) is 1.13. The summed E-state index contributed by atoms with van der Waals surface area (Å²) >= 11 is 0. The van der Waals surface area contributed by atoms with Gasteiger partial charge in [0, 0.05) is 46.2 Å². The second-order valence-corrected chi connectivity index (χ2v) is 8.51. The molecule has 0 saturated carbocycles. The van der Waals surface area contributed by atoms with Crippen molar-refractivity contribution in [1.29, 1.82) is 0 Å². The van der Waals surface area contributed by atoms with Crippen LogP contribution in [0.4, 0.5) is 5.69 Å². The number of fused-ring (bicyclic) bond motifs is 3. The summed E-state index contributed by atoms with van der Waals surface area (Å²) in [4.78, 5) is 19.2. The summed E-state index contributed by atoms with van der Waals surface area (Å²) < 4.78 is 6.10. The molecule has 154 valence electrons. The van der Waals surface area contributed by atoms with E-state index in [1.54, 1.807) is 0 Å². The van der Waals surface area contributed by atoms with Gasteiger partial charge in [-0.15, -0.1) is 0 Å². The molecule has 0 saturated heterocycles. The lowest BCUT2D eigenvalue weighted by molar-refractivity contribution is 0.102. The van der Waals surface area contributed by atoms with Crippen LogP contribution in [0.1, 0.15) is 56.6 Å². The highest BCUT2D eigenvalue weighted by Crippen LogP contribution is 2.47. The van der Waals surface area contributed by atoms with Crippen LogP contribution in [0, 0.1) is 0 Å². The number of likely N-dealkylation sites (N-methyl/N-ethyl adjacent to an activating group) is 1. The lowest BCUT2D eigenvalue weighted by Crippen LogP contribution is -2.32. The molecule has 1 heterocycles. The highest BCUT2D eigenvalue weighted by Gasteiger charge is 2.41. The Balaban J connectivity index is 1.66. The van der Waals surface area contributed by atoms with Gasteiger partial charge in [0.15, 0.2) is 5.78 Å². The number of hydrogen-bond donors (Lipinski definition) is 2. The first-order chi connectivity index (χ1) is 13.9. The minimum absolute atomic E-state index is 0.142. The molecular formula is C24H31N3O2. The molecule has 2 aliphatic rings. The first-order valence-corrected chi connectivity index (χ1v) is 10.6. The topological polar surface area (TPSA) is 71.3 Å². The number of benzene rings is 1. The number of carbonyl (C=O) groups excluding carboxylic acids is 1. The monoisotopic (exact) mass is 393 g/mol. The lowest BCUT2D eigenvalue weighted by atomic mass is 9.68. The maximum absolute atomic E-state index is 13.4. The van der Waals surface area contributed by atoms with Crippen molar-refractivity contribution in [3.05, 3.63) is 52.4 Å². The third-order valence-corrected chi connectivity index (χ3v) is 6.46. The quantitative estimate of drug-likeness (QED) is 0.706. The van der Waals surface area contributed by atoms with Gasteiger partial charge in [-0.3, -0.25) is 4.79 Å². The van der Waals surface area contributed by atoms with E-state index in [1.165, 1.54) is 0 Å². The summed E-state index contributed by atoms with van der Waals surface area (Å²) in [7, 11) is 0. The maximum atomic E-state index is 13.4. The Morgan fingerprint density at radius 3 is 2.69 bits per heavy atom. The minimum Gasteiger partial charge on any atom is -0.497 e. The third-order valence-electron chi connectivity index (χ3n) is 6.46. The molecule has 0 fully saturated rings. The SMILES string of the molecule is CCN(CC)CCOC1=CC2=C(CC1)C(=O)c1c([nH]c3cc(N)ccc13)C2(C)C. The highest BCUT2D eigenvalue weighted by atomic mass is 16.5. The molecule has 5 heteroatoms. The zero-order valence-corrected chi connectivity index (χ0v) is 17.9. The zero-order valence-electron chi connectivity index (χ0n) is 17.9. The predicted molar refractivity (Wildman–Crippen MR) is 118 cm³/mol. The van der Waals surface area contributed by atoms with Crippen LogP contribution in [0.25, 0.3) is 10.9 Å². The number of ketones is 1. The summed E-state index contributed by atoms with van der Waals surface area (Å²) in [6, 6.07) is 5.73. The van der Waals surface area contributed by atoms with Crippen molar-refractivity contribution in [2.24, 2.45) is 0 Å². The van der Waals surface area contributed by atoms with Crippen LogP contribution in [-0.2, 0) is 10.2 Å². The number of carbonyl (C=O) groups is 1. The summed E-state index contributed by atoms with van der Waals surface area (Å²) in [6.45, 7) is 12.4. The molecule has 5 nitrogen and oxygen atoms in total. The van der Waals surface area contributed by atoms with E-state index >= 15 is 0 Å². The van der Waals surface area contributed by atoms with Crippen molar-refractivity contribution in [2.75, 3.05) is 32.0 Å². The normalized spacial score (nSPS) is 18.1. The van der Waals surface area contributed by atoms with Crippen molar-refractivity contribution in [1.82, 2.24) is 9.88 Å². The maximum Gasteiger partial charge on any atom is 0.191 e. The molecular weight excluding hydrogens is 362 g/mol. The second kappa shape index (κ2) is 7.38. The fourth-order valence-corrected chi connectivity index (χ4v) is 4.66. The molecule has 1 aromatic carbocycles. The Kier molecular flexibility index (Phi) is 5.03. The van der Waals surface area contributed by atoms with E-state index in [-0.39, 0.29) is 11.2 Å². The molecule has 4 rings (SSSR count). The molecule has 3 N–H and O–H groups in total. The van der Waals surface area contributed by atoms with Crippen LogP contribution >= 0.6 is 0 Å². The van der Waals surface area contributed by atoms with Gasteiger partial charge in [-0.25, -0.2) is 0 Å². The lowest BCUT2D eigenvalue weighted by Gasteiger charge is -2.35. The molecule has 2 aromatic rings. The first kappa shape index (κ1) is 19.8. The largest absolute Gasteiger partial charge is 0.497 e. The van der Waals surface area contributed by atoms with Crippen molar-refractivity contribution in [2.45, 2.75) is 46.0 Å². The number of hydrogen-bond acceptors (Lipinski definition) is 4. The van der Waals surface area contributed by atoms with Gasteiger partial charge in [0.2, 0.25) is 0 Å². The van der Waals surface area contributed by atoms with Crippen LogP contribution in [-0.4, -0.2) is 41.9 Å². The van der Waals surface area contributed by atoms with Crippen LogP contribution < -0.4 is 5.73 Å². The first-order valence-electron chi connectivity index (χ1n) is 10.6. The molecule has 0 spiro atoms. The fourth-order valence-electron chi connectivity index (χ4n) is 4.66. The third kappa shape index (κ3) is 3.27. The van der Waals surface area contributed by atoms with Gasteiger partial charge in [0.25, 0.3) is 0 Å². The Hall–Kier alpha value is -2.53. The number of ether oxygens (including phenoxy) is 1. The zero-order chi connectivity index (χ0) is 20.8. The van der Waals surface area contributed by atoms with Crippen molar-refractivity contribution >= 4 is 22.4 Å². The number of nitrogens with zero attached hydrogens (tertiary/aromatic N) is 1. The van der Waals surface area contributed by atoms with E-state index in [4.69, 9.17) is 10.5 Å². The van der Waals surface area contributed by atoms with Gasteiger partial charge >= 0.3 is 0 Å². The van der Waals surface area contributed by atoms with Gasteiger partial charge in [0.1, 0.15) is 6.61 Å². The van der Waals surface area contributed by atoms with Gasteiger partial charge in [-0.2, -0.15) is 0 Å². The summed E-state index contributed by atoms with van der Waals surface area (Å²) in [6.07, 6.45) is 3.63. The number of Topliss-reactive ketones (excluding diaryl/α,β-unsaturated/α-hetero) is 1. The molecule has 0 bridgehead atoms. The molecule has 0 aliphatic heterocycles. The van der Waals surface area contributed by atoms with Crippen LogP contribution in [0.2, 0.25) is 0 Å². The molecule has 2 aliphatic carbocycles. The Bertz CT molecular complexity index is 1020. The van der Waals surface area contributed by atoms with Gasteiger partial charge in [0.05, 0.1) is 11.3 Å². The Morgan fingerprint density at radius 2 is 1.97 bits per heavy atom. The van der Waals surface area contributed by atoms with Gasteiger partial charge in [-0.1, -0.05) is 33.8 Å². The van der Waals surface area contributed by atoms with Gasteiger partial charge < -0.3 is 20.4 Å². The number of allylic oxidation sites excluding steroid dienone is 4. The van der Waals surface area contributed by atoms with E-state index in [0.29, 0.717) is 12.3 Å². The van der Waals surface area contributed by atoms with Crippen molar-refractivity contribution in [3.8, 4) is 0 Å². The van der Waals surface area contributed by atoms with Crippen molar-refractivity contribution < 1.29 is 9.53 Å². The smallest absolute Gasteiger partial charge is 0.191 e. The number of nitrogens with one attached hydrogen (secondary N) is 1. The second-order valence-electron chi connectivity index (χ2n) is 8.51. The van der Waals surface area contributed by atoms with E-state index < -0.39 is 0 Å². The number of anilines is 1. The standard InChI is InChI=1S/C24H31N3O2/c1-5-27(6-2)11-12-29-16-8-10-17-19(14-16)24(3,4)23-21(22(17)28)18-9-7-15(25)13-20(18)26-23/h7,9,13-14,26H,5-6,8,10-12,25H2,1-4H3. The number of rotatable bonds is 6. The van der Waals surface area contributed by atoms with Crippen molar-refractivity contribution in [3.63, 3.8) is 0 Å². The number of nitrogen functional groups attached to an aromatic ring is 1. The van der Waals surface area contributed by atoms with E-state index in [9.17, 15) is 4.79 Å². The molecule has 1 aromatic heterocycles. The van der Waals surface area contributed by atoms with E-state index in [1.807, 2.05) is 18.2 Å². The number of H-pyrrole nitrogens is 1. The van der Waals surface area contributed by atoms with Gasteiger partial charge in [-0.05, 0) is 43.3 Å². The summed E-state index contributed by atoms with van der Waals surface area (Å²) in [5, 5.41) is 0.962. The highest BCUT2D eigenvalue weighted by molar-refractivity contribution is 6.19. The average molecular weight is 394 g/mol. The molecule has 0 amide bonds. The predicted octanol–water partition coefficient (Wildman–Crippen LogP) is 4.56. The number of aromatic amines is 1. The van der Waals surface area contributed by atoms with E-state index in [0.717, 1.165) is 71.5 Å². The van der Waals surface area contributed by atoms with Crippen LogP contribution in [0.3, 0.4) is 0 Å². The minimum atomic E-state index is -0.291. The molecule has 0 radical (unpaired) electrons. The van der Waals surface area contributed by atoms with E-state index in [2.05, 4.69) is 43.7 Å². The summed E-state index contributed by atoms with van der Waals surface area (Å²) in [5.41, 5.74) is 11.1. The number of nitrogens with two attached hydrogens (primary N) is 1. The van der Waals surface area contributed by atoms with Crippen LogP contribution in [0.5, 0.6) is 0 Å². The molecule has 0 unspecified atom stereocenters. The average Bonchev–Trinajstić information content (AvgIpc) is 3.09. The molecule has 29 heavy (non-hydrogen) atoms. The fraction of sp³-hybridized carbons (Fsp3) is 0.458. The Labute approximate surface area is 172 Å².